The van der Waals surface area contributed by atoms with Crippen LogP contribution in [0.1, 0.15) is 28.5 Å². The van der Waals surface area contributed by atoms with Gasteiger partial charge < -0.3 is 14.4 Å². The van der Waals surface area contributed by atoms with Crippen molar-refractivity contribution in [2.75, 3.05) is 13.3 Å². The minimum atomic E-state index is -0.0325. The number of fused-ring (bicyclic) bond motifs is 1. The molecule has 3 aromatic rings. The monoisotopic (exact) mass is 363 g/mol. The number of carbonyl (C=O) groups excluding carboxylic acids is 1. The molecule has 0 unspecified atom stereocenters. The molecule has 0 spiro atoms. The van der Waals surface area contributed by atoms with Crippen LogP contribution in [0.15, 0.2) is 54.7 Å². The van der Waals surface area contributed by atoms with Crippen molar-refractivity contribution in [3.63, 3.8) is 0 Å². The lowest BCUT2D eigenvalue weighted by atomic mass is 10.1. The summed E-state index contributed by atoms with van der Waals surface area (Å²) in [5.74, 6) is 1.44. The SMILES string of the molecule is CCN(Cc1ccc2c(c1)OCO2)C(=O)c1cnn(-c2ccccc2)c1C. The molecule has 27 heavy (non-hydrogen) atoms. The van der Waals surface area contributed by atoms with Gasteiger partial charge in [0.1, 0.15) is 0 Å². The van der Waals surface area contributed by atoms with Crippen molar-refractivity contribution in [2.45, 2.75) is 20.4 Å². The molecule has 0 radical (unpaired) electrons. The molecule has 0 saturated carbocycles. The van der Waals surface area contributed by atoms with Crippen LogP contribution in [0, 0.1) is 6.92 Å². The van der Waals surface area contributed by atoms with E-state index in [9.17, 15) is 4.79 Å². The fourth-order valence-electron chi connectivity index (χ4n) is 3.21. The van der Waals surface area contributed by atoms with Crippen LogP contribution in [0.4, 0.5) is 0 Å². The van der Waals surface area contributed by atoms with Gasteiger partial charge in [-0.3, -0.25) is 4.79 Å². The molecular formula is C21H21N3O3. The van der Waals surface area contributed by atoms with E-state index in [1.165, 1.54) is 0 Å². The van der Waals surface area contributed by atoms with Crippen molar-refractivity contribution >= 4 is 5.91 Å². The number of rotatable bonds is 5. The molecule has 1 aliphatic heterocycles. The minimum absolute atomic E-state index is 0.0325. The van der Waals surface area contributed by atoms with Crippen LogP contribution in [0.5, 0.6) is 11.5 Å². The maximum Gasteiger partial charge on any atom is 0.257 e. The Labute approximate surface area is 157 Å². The second-order valence-electron chi connectivity index (χ2n) is 6.40. The first-order chi connectivity index (χ1) is 13.2. The molecule has 1 amide bonds. The second kappa shape index (κ2) is 7.15. The summed E-state index contributed by atoms with van der Waals surface area (Å²) in [6.45, 7) is 5.24. The highest BCUT2D eigenvalue weighted by Crippen LogP contribution is 2.33. The normalized spacial score (nSPS) is 12.2. The van der Waals surface area contributed by atoms with E-state index >= 15 is 0 Å². The number of aromatic nitrogens is 2. The molecule has 1 aliphatic rings. The number of para-hydroxylation sites is 1. The summed E-state index contributed by atoms with van der Waals surface area (Å²) in [4.78, 5) is 14.9. The van der Waals surface area contributed by atoms with Gasteiger partial charge in [0.05, 0.1) is 23.1 Å². The van der Waals surface area contributed by atoms with Gasteiger partial charge in [0.25, 0.3) is 5.91 Å². The van der Waals surface area contributed by atoms with Crippen molar-refractivity contribution in [1.29, 1.82) is 0 Å². The van der Waals surface area contributed by atoms with E-state index in [4.69, 9.17) is 9.47 Å². The summed E-state index contributed by atoms with van der Waals surface area (Å²) >= 11 is 0. The Morgan fingerprint density at radius 3 is 2.70 bits per heavy atom. The zero-order chi connectivity index (χ0) is 18.8. The number of benzene rings is 2. The van der Waals surface area contributed by atoms with E-state index in [1.54, 1.807) is 15.8 Å². The molecule has 6 nitrogen and oxygen atoms in total. The molecule has 138 valence electrons. The van der Waals surface area contributed by atoms with Crippen molar-refractivity contribution in [3.05, 3.63) is 71.5 Å². The fourth-order valence-corrected chi connectivity index (χ4v) is 3.21. The summed E-state index contributed by atoms with van der Waals surface area (Å²) in [5.41, 5.74) is 3.38. The van der Waals surface area contributed by atoms with Gasteiger partial charge in [-0.2, -0.15) is 5.10 Å². The van der Waals surface area contributed by atoms with Gasteiger partial charge in [-0.05, 0) is 43.7 Å². The molecule has 2 heterocycles. The number of hydrogen-bond acceptors (Lipinski definition) is 4. The largest absolute Gasteiger partial charge is 0.454 e. The van der Waals surface area contributed by atoms with Crippen LogP contribution in [-0.2, 0) is 6.54 Å². The predicted octanol–water partition coefficient (Wildman–Crippen LogP) is 3.57. The minimum Gasteiger partial charge on any atom is -0.454 e. The summed E-state index contributed by atoms with van der Waals surface area (Å²) in [6, 6.07) is 15.6. The van der Waals surface area contributed by atoms with Crippen LogP contribution in [0.25, 0.3) is 5.69 Å². The lowest BCUT2D eigenvalue weighted by Gasteiger charge is -2.21. The molecular weight excluding hydrogens is 342 g/mol. The van der Waals surface area contributed by atoms with Crippen molar-refractivity contribution in [1.82, 2.24) is 14.7 Å². The fraction of sp³-hybridized carbons (Fsp3) is 0.238. The smallest absolute Gasteiger partial charge is 0.257 e. The third-order valence-electron chi connectivity index (χ3n) is 4.72. The van der Waals surface area contributed by atoms with Crippen LogP contribution in [0.2, 0.25) is 0 Å². The van der Waals surface area contributed by atoms with Crippen molar-refractivity contribution in [3.8, 4) is 17.2 Å². The van der Waals surface area contributed by atoms with E-state index in [1.807, 2.05) is 62.4 Å². The Bertz CT molecular complexity index is 966. The van der Waals surface area contributed by atoms with E-state index in [2.05, 4.69) is 5.10 Å². The van der Waals surface area contributed by atoms with Gasteiger partial charge in [0.2, 0.25) is 6.79 Å². The highest BCUT2D eigenvalue weighted by atomic mass is 16.7. The number of amides is 1. The molecule has 0 bridgehead atoms. The first-order valence-electron chi connectivity index (χ1n) is 8.95. The Balaban J connectivity index is 1.57. The Hall–Kier alpha value is -3.28. The molecule has 2 aromatic carbocycles. The quantitative estimate of drug-likeness (QED) is 0.695. The number of hydrogen-bond donors (Lipinski definition) is 0. The van der Waals surface area contributed by atoms with Gasteiger partial charge >= 0.3 is 0 Å². The van der Waals surface area contributed by atoms with Gasteiger partial charge in [-0.1, -0.05) is 24.3 Å². The average molecular weight is 363 g/mol. The van der Waals surface area contributed by atoms with Crippen LogP contribution >= 0.6 is 0 Å². The van der Waals surface area contributed by atoms with E-state index in [-0.39, 0.29) is 12.7 Å². The number of ether oxygens (including phenoxy) is 2. The lowest BCUT2D eigenvalue weighted by Crippen LogP contribution is -2.30. The van der Waals surface area contributed by atoms with E-state index < -0.39 is 0 Å². The lowest BCUT2D eigenvalue weighted by molar-refractivity contribution is 0.0751. The zero-order valence-electron chi connectivity index (χ0n) is 15.4. The van der Waals surface area contributed by atoms with E-state index in [0.29, 0.717) is 18.7 Å². The standard InChI is InChI=1S/C21H21N3O3/c1-3-23(13-16-9-10-19-20(11-16)27-14-26-19)21(25)18-12-22-24(15(18)2)17-7-5-4-6-8-17/h4-12H,3,13-14H2,1-2H3. The van der Waals surface area contributed by atoms with Gasteiger partial charge in [0.15, 0.2) is 11.5 Å². The average Bonchev–Trinajstić information content (AvgIpc) is 3.32. The summed E-state index contributed by atoms with van der Waals surface area (Å²) in [7, 11) is 0. The van der Waals surface area contributed by atoms with Crippen molar-refractivity contribution in [2.24, 2.45) is 0 Å². The molecule has 0 saturated heterocycles. The number of carbonyl (C=O) groups is 1. The molecule has 4 rings (SSSR count). The summed E-state index contributed by atoms with van der Waals surface area (Å²) in [5, 5.41) is 4.41. The third kappa shape index (κ3) is 3.26. The summed E-state index contributed by atoms with van der Waals surface area (Å²) < 4.78 is 12.6. The topological polar surface area (TPSA) is 56.6 Å². The van der Waals surface area contributed by atoms with E-state index in [0.717, 1.165) is 28.4 Å². The van der Waals surface area contributed by atoms with Gasteiger partial charge in [0, 0.05) is 13.1 Å². The van der Waals surface area contributed by atoms with Crippen molar-refractivity contribution < 1.29 is 14.3 Å². The first-order valence-corrected chi connectivity index (χ1v) is 8.95. The molecule has 0 atom stereocenters. The molecule has 0 fully saturated rings. The maximum atomic E-state index is 13.1. The zero-order valence-corrected chi connectivity index (χ0v) is 15.4. The third-order valence-corrected chi connectivity index (χ3v) is 4.72. The van der Waals surface area contributed by atoms with Gasteiger partial charge in [-0.25, -0.2) is 4.68 Å². The van der Waals surface area contributed by atoms with Crippen LogP contribution < -0.4 is 9.47 Å². The van der Waals surface area contributed by atoms with Crippen LogP contribution in [-0.4, -0.2) is 33.9 Å². The second-order valence-corrected chi connectivity index (χ2v) is 6.40. The Morgan fingerprint density at radius 1 is 1.15 bits per heavy atom. The highest BCUT2D eigenvalue weighted by molar-refractivity contribution is 5.95. The molecule has 6 heteroatoms. The summed E-state index contributed by atoms with van der Waals surface area (Å²) in [6.07, 6.45) is 1.65. The highest BCUT2D eigenvalue weighted by Gasteiger charge is 2.21. The predicted molar refractivity (Wildman–Crippen MR) is 101 cm³/mol. The maximum absolute atomic E-state index is 13.1. The van der Waals surface area contributed by atoms with Gasteiger partial charge in [-0.15, -0.1) is 0 Å². The molecule has 0 aliphatic carbocycles. The Kier molecular flexibility index (Phi) is 4.54. The number of nitrogens with zero attached hydrogens (tertiary/aromatic N) is 3. The Morgan fingerprint density at radius 2 is 1.93 bits per heavy atom. The molecule has 0 N–H and O–H groups in total. The van der Waals surface area contributed by atoms with Crippen LogP contribution in [0.3, 0.4) is 0 Å². The first kappa shape index (κ1) is 17.1. The molecule has 1 aromatic heterocycles.